The topological polar surface area (TPSA) is 62.1 Å². The Morgan fingerprint density at radius 1 is 0.850 bits per heavy atom. The van der Waals surface area contributed by atoms with Gasteiger partial charge in [-0.05, 0) is 54.4 Å². The van der Waals surface area contributed by atoms with Crippen LogP contribution in [0, 0.1) is 6.92 Å². The molecular weight excluding hydrogens is 498 g/mol. The van der Waals surface area contributed by atoms with Crippen molar-refractivity contribution in [3.05, 3.63) is 108 Å². The van der Waals surface area contributed by atoms with E-state index in [-0.39, 0.29) is 6.03 Å². The number of aryl methyl sites for hydroxylation is 1. The van der Waals surface area contributed by atoms with Gasteiger partial charge in [-0.1, -0.05) is 60.2 Å². The van der Waals surface area contributed by atoms with Crippen molar-refractivity contribution in [2.45, 2.75) is 13.5 Å². The number of methoxy groups -OCH3 is 1. The Balaban J connectivity index is 1.22. The number of aromatic nitrogens is 2. The summed E-state index contributed by atoms with van der Waals surface area (Å²) in [7, 11) is 1.63. The Bertz CT molecular complexity index is 1620. The van der Waals surface area contributed by atoms with Gasteiger partial charge in [-0.25, -0.2) is 9.78 Å². The summed E-state index contributed by atoms with van der Waals surface area (Å²) in [6.07, 6.45) is 2.21. The van der Waals surface area contributed by atoms with E-state index in [0.717, 1.165) is 59.2 Å². The van der Waals surface area contributed by atoms with Gasteiger partial charge in [0.15, 0.2) is 0 Å². The Morgan fingerprint density at radius 2 is 1.60 bits per heavy atom. The molecule has 1 aliphatic heterocycles. The monoisotopic (exact) mass is 531 g/mol. The molecule has 0 spiro atoms. The molecule has 2 aromatic heterocycles. The minimum absolute atomic E-state index is 0.0765. The molecule has 0 saturated carbocycles. The largest absolute Gasteiger partial charge is 0.497 e. The lowest BCUT2D eigenvalue weighted by Crippen LogP contribution is -2.49. The van der Waals surface area contributed by atoms with Crippen molar-refractivity contribution >= 4 is 17.4 Å². The highest BCUT2D eigenvalue weighted by Gasteiger charge is 2.24. The van der Waals surface area contributed by atoms with E-state index in [1.54, 1.807) is 7.11 Å². The van der Waals surface area contributed by atoms with Gasteiger partial charge in [0.1, 0.15) is 11.4 Å². The molecule has 2 amide bonds. The Kier molecular flexibility index (Phi) is 7.21. The lowest BCUT2D eigenvalue weighted by Gasteiger charge is -2.34. The maximum Gasteiger partial charge on any atom is 0.321 e. The first-order valence-electron chi connectivity index (χ1n) is 13.6. The quantitative estimate of drug-likeness (QED) is 0.278. The molecular formula is C33H33N5O2. The third-order valence-electron chi connectivity index (χ3n) is 7.49. The van der Waals surface area contributed by atoms with Crippen LogP contribution in [0.25, 0.3) is 28.0 Å². The molecule has 1 aliphatic rings. The van der Waals surface area contributed by atoms with Crippen LogP contribution in [0.1, 0.15) is 11.3 Å². The van der Waals surface area contributed by atoms with Crippen molar-refractivity contribution in [1.29, 1.82) is 0 Å². The van der Waals surface area contributed by atoms with Gasteiger partial charge in [0, 0.05) is 50.2 Å². The van der Waals surface area contributed by atoms with E-state index in [0.29, 0.717) is 13.1 Å². The zero-order chi connectivity index (χ0) is 27.5. The molecule has 3 aromatic carbocycles. The number of amides is 2. The number of carbonyl (C=O) groups is 1. The molecule has 1 fully saturated rings. The number of carbonyl (C=O) groups excluding carboxylic acids is 1. The molecule has 202 valence electrons. The summed E-state index contributed by atoms with van der Waals surface area (Å²) in [5.74, 6) is 0.764. The molecule has 1 N–H and O–H groups in total. The highest BCUT2D eigenvalue weighted by atomic mass is 16.5. The van der Waals surface area contributed by atoms with Gasteiger partial charge in [0.2, 0.25) is 0 Å². The van der Waals surface area contributed by atoms with Gasteiger partial charge < -0.3 is 19.4 Å². The van der Waals surface area contributed by atoms with Crippen LogP contribution < -0.4 is 10.1 Å². The fourth-order valence-electron chi connectivity index (χ4n) is 5.26. The van der Waals surface area contributed by atoms with Gasteiger partial charge in [-0.15, -0.1) is 0 Å². The first-order chi connectivity index (χ1) is 19.6. The number of imidazole rings is 1. The SMILES string of the molecule is COc1ccc(NC(=O)N2CCN(Cc3c(-c4ccccc4)nc4ccc(-c5cccc(C)c5)cn34)CC2)cc1. The number of fused-ring (bicyclic) bond motifs is 1. The minimum Gasteiger partial charge on any atom is -0.497 e. The molecule has 0 aliphatic carbocycles. The van der Waals surface area contributed by atoms with Crippen LogP contribution >= 0.6 is 0 Å². The van der Waals surface area contributed by atoms with Gasteiger partial charge in [0.25, 0.3) is 0 Å². The summed E-state index contributed by atoms with van der Waals surface area (Å²) >= 11 is 0. The van der Waals surface area contributed by atoms with E-state index in [9.17, 15) is 4.79 Å². The molecule has 3 heterocycles. The molecule has 0 atom stereocenters. The summed E-state index contributed by atoms with van der Waals surface area (Å²) < 4.78 is 7.45. The summed E-state index contributed by atoms with van der Waals surface area (Å²) in [4.78, 5) is 22.2. The fraction of sp³-hybridized carbons (Fsp3) is 0.212. The number of benzene rings is 3. The first kappa shape index (κ1) is 25.6. The maximum absolute atomic E-state index is 12.9. The van der Waals surface area contributed by atoms with Gasteiger partial charge >= 0.3 is 6.03 Å². The lowest BCUT2D eigenvalue weighted by molar-refractivity contribution is 0.142. The predicted octanol–water partition coefficient (Wildman–Crippen LogP) is 6.34. The predicted molar refractivity (Wildman–Crippen MR) is 160 cm³/mol. The number of rotatable bonds is 6. The standard InChI is InChI=1S/C33H33N5O2/c1-24-7-6-10-26(21-24)27-11-16-31-35-32(25-8-4-3-5-9-25)30(38(31)22-27)23-36-17-19-37(20-18-36)33(39)34-28-12-14-29(40-2)15-13-28/h3-16,21-22H,17-20,23H2,1-2H3,(H,34,39). The van der Waals surface area contributed by atoms with Crippen LogP contribution in [0.4, 0.5) is 10.5 Å². The Morgan fingerprint density at radius 3 is 2.33 bits per heavy atom. The van der Waals surface area contributed by atoms with Crippen LogP contribution in [0.2, 0.25) is 0 Å². The van der Waals surface area contributed by atoms with E-state index >= 15 is 0 Å². The van der Waals surface area contributed by atoms with Crippen molar-refractivity contribution in [2.75, 3.05) is 38.6 Å². The molecule has 0 radical (unpaired) electrons. The smallest absolute Gasteiger partial charge is 0.321 e. The normalized spacial score (nSPS) is 13.9. The number of piperazine rings is 1. The first-order valence-corrected chi connectivity index (χ1v) is 13.6. The highest BCUT2D eigenvalue weighted by Crippen LogP contribution is 2.29. The molecule has 1 saturated heterocycles. The van der Waals surface area contributed by atoms with Crippen molar-refractivity contribution in [3.8, 4) is 28.1 Å². The summed E-state index contributed by atoms with van der Waals surface area (Å²) in [5.41, 5.74) is 8.55. The second-order valence-electron chi connectivity index (χ2n) is 10.2. The number of pyridine rings is 1. The third-order valence-corrected chi connectivity index (χ3v) is 7.49. The molecule has 0 bridgehead atoms. The lowest BCUT2D eigenvalue weighted by atomic mass is 10.1. The fourth-order valence-corrected chi connectivity index (χ4v) is 5.26. The molecule has 7 nitrogen and oxygen atoms in total. The molecule has 40 heavy (non-hydrogen) atoms. The van der Waals surface area contributed by atoms with Gasteiger partial charge in [-0.3, -0.25) is 4.90 Å². The zero-order valence-corrected chi connectivity index (χ0v) is 22.9. The number of nitrogens with zero attached hydrogens (tertiary/aromatic N) is 4. The number of ether oxygens (including phenoxy) is 1. The Hall–Kier alpha value is -4.62. The summed E-state index contributed by atoms with van der Waals surface area (Å²) in [6.45, 7) is 5.76. The van der Waals surface area contributed by atoms with Crippen molar-refractivity contribution in [3.63, 3.8) is 0 Å². The second-order valence-corrected chi connectivity index (χ2v) is 10.2. The van der Waals surface area contributed by atoms with E-state index in [1.165, 1.54) is 11.1 Å². The number of hydrogen-bond donors (Lipinski definition) is 1. The van der Waals surface area contributed by atoms with Crippen molar-refractivity contribution in [1.82, 2.24) is 19.2 Å². The molecule has 7 heteroatoms. The van der Waals surface area contributed by atoms with Crippen LogP contribution in [0.3, 0.4) is 0 Å². The van der Waals surface area contributed by atoms with E-state index in [1.807, 2.05) is 35.2 Å². The highest BCUT2D eigenvalue weighted by molar-refractivity contribution is 5.89. The number of urea groups is 1. The third kappa shape index (κ3) is 5.42. The van der Waals surface area contributed by atoms with Crippen molar-refractivity contribution < 1.29 is 9.53 Å². The maximum atomic E-state index is 12.9. The minimum atomic E-state index is -0.0765. The van der Waals surface area contributed by atoms with E-state index in [4.69, 9.17) is 9.72 Å². The number of anilines is 1. The average Bonchev–Trinajstić information content (AvgIpc) is 3.35. The van der Waals surface area contributed by atoms with Crippen LogP contribution in [0.15, 0.2) is 97.2 Å². The van der Waals surface area contributed by atoms with Gasteiger partial charge in [-0.2, -0.15) is 0 Å². The summed E-state index contributed by atoms with van der Waals surface area (Å²) in [6, 6.07) is 30.6. The average molecular weight is 532 g/mol. The molecule has 6 rings (SSSR count). The van der Waals surface area contributed by atoms with Crippen molar-refractivity contribution in [2.24, 2.45) is 0 Å². The second kappa shape index (κ2) is 11.2. The van der Waals surface area contributed by atoms with E-state index < -0.39 is 0 Å². The Labute approximate surface area is 234 Å². The molecule has 5 aromatic rings. The number of nitrogens with one attached hydrogen (secondary N) is 1. The number of hydrogen-bond acceptors (Lipinski definition) is 4. The van der Waals surface area contributed by atoms with E-state index in [2.05, 4.69) is 88.4 Å². The van der Waals surface area contributed by atoms with Crippen LogP contribution in [0.5, 0.6) is 5.75 Å². The zero-order valence-electron chi connectivity index (χ0n) is 22.9. The van der Waals surface area contributed by atoms with Crippen LogP contribution in [-0.4, -0.2) is 58.5 Å². The van der Waals surface area contributed by atoms with Gasteiger partial charge in [0.05, 0.1) is 18.5 Å². The molecule has 0 unspecified atom stereocenters. The summed E-state index contributed by atoms with van der Waals surface area (Å²) in [5, 5.41) is 3.00. The van der Waals surface area contributed by atoms with Crippen LogP contribution in [-0.2, 0) is 6.54 Å².